The molecule has 126 valence electrons. The third-order valence-corrected chi connectivity index (χ3v) is 3.27. The lowest BCUT2D eigenvalue weighted by Crippen LogP contribution is -2.49. The van der Waals surface area contributed by atoms with Crippen molar-refractivity contribution in [3.05, 3.63) is 35.4 Å². The van der Waals surface area contributed by atoms with Crippen LogP contribution < -0.4 is 16.0 Å². The molecule has 0 aromatic carbocycles. The summed E-state index contributed by atoms with van der Waals surface area (Å²) in [6, 6.07) is 2.36. The van der Waals surface area contributed by atoms with Gasteiger partial charge in [0.2, 0.25) is 0 Å². The van der Waals surface area contributed by atoms with E-state index in [1.807, 2.05) is 20.8 Å². The molecule has 0 saturated carbocycles. The van der Waals surface area contributed by atoms with Crippen molar-refractivity contribution in [2.24, 2.45) is 0 Å². The molecular weight excluding hydrogens is 298 g/mol. The van der Waals surface area contributed by atoms with Crippen molar-refractivity contribution in [3.63, 3.8) is 0 Å². The average Bonchev–Trinajstić information content (AvgIpc) is 2.97. The van der Waals surface area contributed by atoms with Gasteiger partial charge in [-0.15, -0.1) is 0 Å². The Balaban J connectivity index is 2.40. The Hall–Kier alpha value is -2.28. The zero-order chi connectivity index (χ0) is 17.0. The SMILES string of the molecule is CCOC(=O)C1=C(CNC(C)(C)C)NC(=O)N[C@@H]1c1ccco1. The van der Waals surface area contributed by atoms with Gasteiger partial charge in [-0.3, -0.25) is 0 Å². The first kappa shape index (κ1) is 17.1. The van der Waals surface area contributed by atoms with E-state index >= 15 is 0 Å². The highest BCUT2D eigenvalue weighted by Crippen LogP contribution is 2.28. The molecule has 0 radical (unpaired) electrons. The van der Waals surface area contributed by atoms with E-state index in [-0.39, 0.29) is 18.2 Å². The Morgan fingerprint density at radius 3 is 2.74 bits per heavy atom. The highest BCUT2D eigenvalue weighted by molar-refractivity contribution is 5.95. The number of hydrogen-bond donors (Lipinski definition) is 3. The number of esters is 1. The molecule has 0 unspecified atom stereocenters. The predicted octanol–water partition coefficient (Wildman–Crippen LogP) is 1.84. The standard InChI is InChI=1S/C16H23N3O4/c1-5-22-14(20)12-10(9-17-16(2,3)4)18-15(21)19-13(12)11-7-6-8-23-11/h6-8,13,17H,5,9H2,1-4H3,(H2,18,19,21)/t13-/m1/s1. The second kappa shape index (κ2) is 6.87. The van der Waals surface area contributed by atoms with Gasteiger partial charge in [0.15, 0.2) is 0 Å². The van der Waals surface area contributed by atoms with Gasteiger partial charge in [0.05, 0.1) is 18.4 Å². The topological polar surface area (TPSA) is 92.6 Å². The van der Waals surface area contributed by atoms with Crippen molar-refractivity contribution in [2.45, 2.75) is 39.3 Å². The maximum atomic E-state index is 12.4. The molecule has 2 heterocycles. The van der Waals surface area contributed by atoms with Crippen molar-refractivity contribution in [2.75, 3.05) is 13.2 Å². The fourth-order valence-electron chi connectivity index (χ4n) is 2.23. The summed E-state index contributed by atoms with van der Waals surface area (Å²) in [5, 5.41) is 8.67. The van der Waals surface area contributed by atoms with E-state index in [1.165, 1.54) is 6.26 Å². The summed E-state index contributed by atoms with van der Waals surface area (Å²) < 4.78 is 10.5. The van der Waals surface area contributed by atoms with Gasteiger partial charge in [0.25, 0.3) is 0 Å². The van der Waals surface area contributed by atoms with E-state index in [4.69, 9.17) is 9.15 Å². The van der Waals surface area contributed by atoms with Crippen LogP contribution in [-0.2, 0) is 9.53 Å². The molecule has 7 heteroatoms. The molecule has 1 aromatic heterocycles. The Morgan fingerprint density at radius 1 is 1.43 bits per heavy atom. The molecule has 0 fully saturated rings. The van der Waals surface area contributed by atoms with Crippen molar-refractivity contribution >= 4 is 12.0 Å². The third kappa shape index (κ3) is 4.35. The van der Waals surface area contributed by atoms with Crippen molar-refractivity contribution in [3.8, 4) is 0 Å². The summed E-state index contributed by atoms with van der Waals surface area (Å²) in [4.78, 5) is 24.4. The molecule has 1 aliphatic heterocycles. The van der Waals surface area contributed by atoms with Crippen LogP contribution in [0.3, 0.4) is 0 Å². The molecule has 23 heavy (non-hydrogen) atoms. The number of ether oxygens (including phenoxy) is 1. The number of rotatable bonds is 5. The molecule has 0 spiro atoms. The van der Waals surface area contributed by atoms with Gasteiger partial charge in [0, 0.05) is 17.8 Å². The van der Waals surface area contributed by atoms with E-state index in [2.05, 4.69) is 16.0 Å². The molecular formula is C16H23N3O4. The smallest absolute Gasteiger partial charge is 0.338 e. The number of nitrogens with one attached hydrogen (secondary N) is 3. The van der Waals surface area contributed by atoms with Crippen LogP contribution in [0, 0.1) is 0 Å². The lowest BCUT2D eigenvalue weighted by Gasteiger charge is -2.30. The van der Waals surface area contributed by atoms with Crippen molar-refractivity contribution in [1.29, 1.82) is 0 Å². The predicted molar refractivity (Wildman–Crippen MR) is 84.5 cm³/mol. The minimum Gasteiger partial charge on any atom is -0.467 e. The van der Waals surface area contributed by atoms with E-state index < -0.39 is 12.0 Å². The van der Waals surface area contributed by atoms with Gasteiger partial charge in [0.1, 0.15) is 11.8 Å². The van der Waals surface area contributed by atoms with Crippen LogP contribution in [0.4, 0.5) is 4.79 Å². The first-order valence-electron chi connectivity index (χ1n) is 7.58. The fraction of sp³-hybridized carbons (Fsp3) is 0.500. The highest BCUT2D eigenvalue weighted by Gasteiger charge is 2.35. The molecule has 7 nitrogen and oxygen atoms in total. The maximum Gasteiger partial charge on any atom is 0.338 e. The van der Waals surface area contributed by atoms with E-state index in [0.717, 1.165) is 0 Å². The Morgan fingerprint density at radius 2 is 2.17 bits per heavy atom. The van der Waals surface area contributed by atoms with Gasteiger partial charge in [-0.1, -0.05) is 0 Å². The number of furan rings is 1. The lowest BCUT2D eigenvalue weighted by atomic mass is 9.99. The molecule has 3 N–H and O–H groups in total. The van der Waals surface area contributed by atoms with E-state index in [9.17, 15) is 9.59 Å². The van der Waals surface area contributed by atoms with Crippen molar-refractivity contribution < 1.29 is 18.7 Å². The maximum absolute atomic E-state index is 12.4. The average molecular weight is 321 g/mol. The van der Waals surface area contributed by atoms with E-state index in [1.54, 1.807) is 19.1 Å². The summed E-state index contributed by atoms with van der Waals surface area (Å²) >= 11 is 0. The number of carbonyl (C=O) groups is 2. The van der Waals surface area contributed by atoms with Crippen LogP contribution in [0.25, 0.3) is 0 Å². The largest absolute Gasteiger partial charge is 0.467 e. The van der Waals surface area contributed by atoms with Gasteiger partial charge in [-0.25, -0.2) is 9.59 Å². The second-order valence-corrected chi connectivity index (χ2v) is 6.26. The van der Waals surface area contributed by atoms with Gasteiger partial charge >= 0.3 is 12.0 Å². The molecule has 2 amide bonds. The van der Waals surface area contributed by atoms with Crippen LogP contribution in [0.5, 0.6) is 0 Å². The zero-order valence-electron chi connectivity index (χ0n) is 13.9. The number of carbonyl (C=O) groups excluding carboxylic acids is 2. The highest BCUT2D eigenvalue weighted by atomic mass is 16.5. The molecule has 0 aliphatic carbocycles. The summed E-state index contributed by atoms with van der Waals surface area (Å²) in [5.74, 6) is 0.00303. The molecule has 2 rings (SSSR count). The fourth-order valence-corrected chi connectivity index (χ4v) is 2.23. The Bertz CT molecular complexity index is 599. The van der Waals surface area contributed by atoms with Crippen LogP contribution in [0.2, 0.25) is 0 Å². The number of hydrogen-bond acceptors (Lipinski definition) is 5. The molecule has 1 atom stereocenters. The quantitative estimate of drug-likeness (QED) is 0.720. The summed E-state index contributed by atoms with van der Waals surface area (Å²) in [6.07, 6.45) is 1.50. The molecule has 0 saturated heterocycles. The summed E-state index contributed by atoms with van der Waals surface area (Å²) in [5.41, 5.74) is 0.671. The van der Waals surface area contributed by atoms with Crippen molar-refractivity contribution in [1.82, 2.24) is 16.0 Å². The minimum atomic E-state index is -0.672. The number of urea groups is 1. The van der Waals surface area contributed by atoms with Crippen LogP contribution in [0.1, 0.15) is 39.5 Å². The first-order valence-corrected chi connectivity index (χ1v) is 7.58. The zero-order valence-corrected chi connectivity index (χ0v) is 13.9. The molecule has 1 aromatic rings. The Kier molecular flexibility index (Phi) is 5.10. The van der Waals surface area contributed by atoms with Gasteiger partial charge in [-0.05, 0) is 39.8 Å². The summed E-state index contributed by atoms with van der Waals surface area (Å²) in [7, 11) is 0. The number of amides is 2. The minimum absolute atomic E-state index is 0.164. The van der Waals surface area contributed by atoms with Crippen LogP contribution >= 0.6 is 0 Å². The van der Waals surface area contributed by atoms with Crippen LogP contribution in [-0.4, -0.2) is 30.7 Å². The van der Waals surface area contributed by atoms with Crippen LogP contribution in [0.15, 0.2) is 34.1 Å². The Labute approximate surface area is 135 Å². The molecule has 0 bridgehead atoms. The van der Waals surface area contributed by atoms with Gasteiger partial charge in [-0.2, -0.15) is 0 Å². The molecule has 1 aliphatic rings. The summed E-state index contributed by atoms with van der Waals surface area (Å²) in [6.45, 7) is 8.34. The van der Waals surface area contributed by atoms with Gasteiger partial charge < -0.3 is 25.1 Å². The normalized spacial score (nSPS) is 18.4. The lowest BCUT2D eigenvalue weighted by molar-refractivity contribution is -0.139. The monoisotopic (exact) mass is 321 g/mol. The first-order chi connectivity index (χ1) is 10.8. The van der Waals surface area contributed by atoms with E-state index in [0.29, 0.717) is 23.6 Å². The second-order valence-electron chi connectivity index (χ2n) is 6.26. The third-order valence-electron chi connectivity index (χ3n) is 3.27.